The molecular formula is C8H7ClO. The number of hydrogen-bond acceptors (Lipinski definition) is 1. The van der Waals surface area contributed by atoms with Gasteiger partial charge in [-0.1, -0.05) is 35.9 Å². The van der Waals surface area contributed by atoms with Crippen LogP contribution in [0.5, 0.6) is 0 Å². The maximum absolute atomic E-state index is 9.96. The number of aldehydes is 1. The van der Waals surface area contributed by atoms with Crippen LogP contribution in [0.3, 0.4) is 0 Å². The monoisotopic (exact) mass is 154 g/mol. The molecule has 0 bridgehead atoms. The zero-order valence-corrected chi connectivity index (χ0v) is 6.08. The lowest BCUT2D eigenvalue weighted by molar-refractivity contribution is -0.104. The van der Waals surface area contributed by atoms with Crippen molar-refractivity contribution in [1.29, 1.82) is 0 Å². The smallest absolute Gasteiger partial charge is 0.144 e. The average Bonchev–Trinajstić information content (AvgIpc) is 2.38. The summed E-state index contributed by atoms with van der Waals surface area (Å²) in [7, 11) is 0. The first-order chi connectivity index (χ1) is 4.84. The summed E-state index contributed by atoms with van der Waals surface area (Å²) in [6, 6.07) is 0. The minimum Gasteiger partial charge on any atom is -0.299 e. The van der Waals surface area contributed by atoms with Gasteiger partial charge in [-0.05, 0) is 6.08 Å². The van der Waals surface area contributed by atoms with Crippen molar-refractivity contribution in [3.8, 4) is 0 Å². The summed E-state index contributed by atoms with van der Waals surface area (Å²) in [5.74, 6) is 0.117. The standard InChI is InChI=1S/C8H7ClO/c9-8(5-6-10)7-3-1-2-4-7/h1-7H/b8-5-. The zero-order valence-electron chi connectivity index (χ0n) is 5.33. The van der Waals surface area contributed by atoms with Crippen LogP contribution in [0.15, 0.2) is 35.4 Å². The van der Waals surface area contributed by atoms with E-state index in [1.807, 2.05) is 24.3 Å². The van der Waals surface area contributed by atoms with Gasteiger partial charge in [0.15, 0.2) is 0 Å². The van der Waals surface area contributed by atoms with Crippen molar-refractivity contribution in [3.05, 3.63) is 35.4 Å². The van der Waals surface area contributed by atoms with Gasteiger partial charge in [-0.15, -0.1) is 0 Å². The summed E-state index contributed by atoms with van der Waals surface area (Å²) in [6.07, 6.45) is 9.75. The quantitative estimate of drug-likeness (QED) is 0.440. The Labute approximate surface area is 64.7 Å². The molecule has 1 rings (SSSR count). The van der Waals surface area contributed by atoms with E-state index in [-0.39, 0.29) is 5.92 Å². The molecule has 0 saturated carbocycles. The molecule has 0 heterocycles. The third-order valence-electron chi connectivity index (χ3n) is 1.29. The van der Waals surface area contributed by atoms with Gasteiger partial charge in [0, 0.05) is 11.0 Å². The van der Waals surface area contributed by atoms with Gasteiger partial charge in [0.2, 0.25) is 0 Å². The van der Waals surface area contributed by atoms with E-state index in [1.54, 1.807) is 0 Å². The zero-order chi connectivity index (χ0) is 7.40. The first-order valence-corrected chi connectivity index (χ1v) is 3.38. The molecule has 1 aliphatic rings. The van der Waals surface area contributed by atoms with Gasteiger partial charge < -0.3 is 0 Å². The van der Waals surface area contributed by atoms with E-state index in [4.69, 9.17) is 11.6 Å². The summed E-state index contributed by atoms with van der Waals surface area (Å²) >= 11 is 5.71. The lowest BCUT2D eigenvalue weighted by Crippen LogP contribution is -1.87. The van der Waals surface area contributed by atoms with Gasteiger partial charge in [-0.25, -0.2) is 0 Å². The van der Waals surface area contributed by atoms with Crippen LogP contribution in [-0.4, -0.2) is 6.29 Å². The third kappa shape index (κ3) is 1.58. The van der Waals surface area contributed by atoms with Crippen LogP contribution in [0.1, 0.15) is 0 Å². The van der Waals surface area contributed by atoms with Gasteiger partial charge in [-0.2, -0.15) is 0 Å². The van der Waals surface area contributed by atoms with Gasteiger partial charge in [0.05, 0.1) is 0 Å². The van der Waals surface area contributed by atoms with Crippen LogP contribution in [-0.2, 0) is 4.79 Å². The molecule has 0 amide bonds. The minimum absolute atomic E-state index is 0.117. The maximum Gasteiger partial charge on any atom is 0.144 e. The van der Waals surface area contributed by atoms with Crippen LogP contribution in [0, 0.1) is 5.92 Å². The number of hydrogen-bond donors (Lipinski definition) is 0. The molecule has 1 nitrogen and oxygen atoms in total. The first kappa shape index (κ1) is 7.29. The number of carbonyl (C=O) groups excluding carboxylic acids is 1. The number of allylic oxidation sites excluding steroid dienone is 6. The Bertz CT molecular complexity index is 201. The van der Waals surface area contributed by atoms with E-state index < -0.39 is 0 Å². The lowest BCUT2D eigenvalue weighted by Gasteiger charge is -1.99. The highest BCUT2D eigenvalue weighted by Crippen LogP contribution is 2.21. The molecule has 0 spiro atoms. The molecule has 0 aromatic rings. The number of carbonyl (C=O) groups is 1. The molecule has 2 heteroatoms. The molecule has 0 saturated heterocycles. The molecule has 0 N–H and O–H groups in total. The molecule has 0 atom stereocenters. The lowest BCUT2D eigenvalue weighted by atomic mass is 10.1. The number of rotatable bonds is 2. The van der Waals surface area contributed by atoms with Crippen molar-refractivity contribution in [3.63, 3.8) is 0 Å². The van der Waals surface area contributed by atoms with E-state index in [0.717, 1.165) is 0 Å². The van der Waals surface area contributed by atoms with Gasteiger partial charge in [0.1, 0.15) is 6.29 Å². The minimum atomic E-state index is 0.117. The molecule has 52 valence electrons. The third-order valence-corrected chi connectivity index (χ3v) is 1.67. The van der Waals surface area contributed by atoms with Crippen molar-refractivity contribution in [2.75, 3.05) is 0 Å². The molecule has 0 unspecified atom stereocenters. The maximum atomic E-state index is 9.96. The SMILES string of the molecule is O=C/C=C(\Cl)C1C=CC=C1. The topological polar surface area (TPSA) is 17.1 Å². The van der Waals surface area contributed by atoms with E-state index in [1.165, 1.54) is 6.08 Å². The van der Waals surface area contributed by atoms with Crippen LogP contribution in [0.4, 0.5) is 0 Å². The predicted molar refractivity (Wildman–Crippen MR) is 41.8 cm³/mol. The second-order valence-corrected chi connectivity index (χ2v) is 2.42. The Morgan fingerprint density at radius 2 is 2.00 bits per heavy atom. The van der Waals surface area contributed by atoms with Crippen molar-refractivity contribution in [2.45, 2.75) is 0 Å². The van der Waals surface area contributed by atoms with Crippen molar-refractivity contribution in [2.24, 2.45) is 5.92 Å². The summed E-state index contributed by atoms with van der Waals surface area (Å²) in [5.41, 5.74) is 0. The van der Waals surface area contributed by atoms with E-state index >= 15 is 0 Å². The average molecular weight is 155 g/mol. The normalized spacial score (nSPS) is 18.3. The highest BCUT2D eigenvalue weighted by molar-refractivity contribution is 6.31. The highest BCUT2D eigenvalue weighted by Gasteiger charge is 2.06. The largest absolute Gasteiger partial charge is 0.299 e. The van der Waals surface area contributed by atoms with Gasteiger partial charge in [-0.3, -0.25) is 4.79 Å². The second kappa shape index (κ2) is 3.37. The molecule has 1 aliphatic carbocycles. The summed E-state index contributed by atoms with van der Waals surface area (Å²) in [5, 5.41) is 0.569. The number of halogens is 1. The van der Waals surface area contributed by atoms with Crippen molar-refractivity contribution in [1.82, 2.24) is 0 Å². The molecule has 0 aromatic heterocycles. The molecule has 0 aliphatic heterocycles. The fraction of sp³-hybridized carbons (Fsp3) is 0.125. The Kier molecular flexibility index (Phi) is 2.46. The van der Waals surface area contributed by atoms with Crippen LogP contribution >= 0.6 is 11.6 Å². The predicted octanol–water partition coefficient (Wildman–Crippen LogP) is 2.05. The summed E-state index contributed by atoms with van der Waals surface area (Å²) in [6.45, 7) is 0. The molecule has 0 fully saturated rings. The van der Waals surface area contributed by atoms with Crippen molar-refractivity contribution >= 4 is 17.9 Å². The van der Waals surface area contributed by atoms with Crippen LogP contribution in [0.25, 0.3) is 0 Å². The van der Waals surface area contributed by atoms with Gasteiger partial charge in [0.25, 0.3) is 0 Å². The molecule has 0 radical (unpaired) electrons. The fourth-order valence-electron chi connectivity index (χ4n) is 0.792. The second-order valence-electron chi connectivity index (χ2n) is 1.98. The molecule has 10 heavy (non-hydrogen) atoms. The van der Waals surface area contributed by atoms with E-state index in [9.17, 15) is 4.79 Å². The molecule has 0 aromatic carbocycles. The summed E-state index contributed by atoms with van der Waals surface area (Å²) < 4.78 is 0. The van der Waals surface area contributed by atoms with Crippen molar-refractivity contribution < 1.29 is 4.79 Å². The summed E-state index contributed by atoms with van der Waals surface area (Å²) in [4.78, 5) is 9.96. The first-order valence-electron chi connectivity index (χ1n) is 3.00. The Hall–Kier alpha value is -0.820. The Balaban J connectivity index is 2.65. The van der Waals surface area contributed by atoms with Gasteiger partial charge >= 0.3 is 0 Å². The highest BCUT2D eigenvalue weighted by atomic mass is 35.5. The van der Waals surface area contributed by atoms with E-state index in [2.05, 4.69) is 0 Å². The Morgan fingerprint density at radius 1 is 1.40 bits per heavy atom. The molecular weight excluding hydrogens is 148 g/mol. The Morgan fingerprint density at radius 3 is 2.50 bits per heavy atom. The van der Waals surface area contributed by atoms with Crippen LogP contribution < -0.4 is 0 Å². The van der Waals surface area contributed by atoms with E-state index in [0.29, 0.717) is 11.3 Å². The van der Waals surface area contributed by atoms with Crippen LogP contribution in [0.2, 0.25) is 0 Å². The fourth-order valence-corrected chi connectivity index (χ4v) is 0.989.